The number of carbonyl (C=O) groups excluding carboxylic acids is 2. The summed E-state index contributed by atoms with van der Waals surface area (Å²) < 4.78 is 5.96. The Labute approximate surface area is 137 Å². The van der Waals surface area contributed by atoms with E-state index in [9.17, 15) is 9.59 Å². The molecule has 2 N–H and O–H groups in total. The van der Waals surface area contributed by atoms with Crippen molar-refractivity contribution in [1.82, 2.24) is 5.32 Å². The summed E-state index contributed by atoms with van der Waals surface area (Å²) in [6.45, 7) is 2.36. The van der Waals surface area contributed by atoms with Crippen molar-refractivity contribution in [2.24, 2.45) is 0 Å². The van der Waals surface area contributed by atoms with Gasteiger partial charge in [0.15, 0.2) is 5.76 Å². The van der Waals surface area contributed by atoms with Gasteiger partial charge in [-0.3, -0.25) is 9.59 Å². The number of anilines is 1. The Morgan fingerprint density at radius 1 is 1.27 bits per heavy atom. The van der Waals surface area contributed by atoms with Crippen molar-refractivity contribution >= 4 is 33.4 Å². The second-order valence-corrected chi connectivity index (χ2v) is 5.76. The van der Waals surface area contributed by atoms with Gasteiger partial charge in [-0.1, -0.05) is 15.9 Å². The predicted molar refractivity (Wildman–Crippen MR) is 87.8 cm³/mol. The van der Waals surface area contributed by atoms with Crippen molar-refractivity contribution in [3.63, 3.8) is 0 Å². The third-order valence-corrected chi connectivity index (χ3v) is 3.57. The first-order chi connectivity index (χ1) is 10.6. The third-order valence-electron chi connectivity index (χ3n) is 3.07. The molecule has 0 radical (unpaired) electrons. The van der Waals surface area contributed by atoms with E-state index in [1.165, 1.54) is 6.26 Å². The Kier molecular flexibility index (Phi) is 5.77. The molecule has 1 aromatic carbocycles. The Morgan fingerprint density at radius 2 is 2.09 bits per heavy atom. The SMILES string of the molecule is Cc1cc(Br)ccc1NC(=O)CCCNC(=O)c1ccco1. The van der Waals surface area contributed by atoms with Gasteiger partial charge in [0.25, 0.3) is 5.91 Å². The molecule has 0 aliphatic carbocycles. The molecule has 1 aromatic heterocycles. The van der Waals surface area contributed by atoms with E-state index in [0.29, 0.717) is 19.4 Å². The molecule has 5 nitrogen and oxygen atoms in total. The van der Waals surface area contributed by atoms with Gasteiger partial charge in [-0.2, -0.15) is 0 Å². The molecule has 22 heavy (non-hydrogen) atoms. The lowest BCUT2D eigenvalue weighted by Crippen LogP contribution is -2.25. The molecule has 6 heteroatoms. The normalized spacial score (nSPS) is 10.3. The van der Waals surface area contributed by atoms with Gasteiger partial charge in [0.2, 0.25) is 5.91 Å². The minimum Gasteiger partial charge on any atom is -0.459 e. The number of rotatable bonds is 6. The number of nitrogens with one attached hydrogen (secondary N) is 2. The van der Waals surface area contributed by atoms with Gasteiger partial charge in [-0.05, 0) is 49.2 Å². The zero-order valence-corrected chi connectivity index (χ0v) is 13.8. The van der Waals surface area contributed by atoms with Crippen LogP contribution < -0.4 is 10.6 Å². The quantitative estimate of drug-likeness (QED) is 0.770. The van der Waals surface area contributed by atoms with Crippen LogP contribution in [-0.4, -0.2) is 18.4 Å². The molecular weight excluding hydrogens is 348 g/mol. The maximum atomic E-state index is 11.9. The number of hydrogen-bond donors (Lipinski definition) is 2. The molecule has 0 atom stereocenters. The summed E-state index contributed by atoms with van der Waals surface area (Å²) in [6.07, 6.45) is 2.35. The minimum absolute atomic E-state index is 0.0716. The molecule has 0 aliphatic heterocycles. The smallest absolute Gasteiger partial charge is 0.286 e. The molecule has 0 spiro atoms. The lowest BCUT2D eigenvalue weighted by Gasteiger charge is -2.09. The summed E-state index contributed by atoms with van der Waals surface area (Å²) >= 11 is 3.38. The zero-order chi connectivity index (χ0) is 15.9. The molecule has 0 saturated carbocycles. The topological polar surface area (TPSA) is 71.3 Å². The van der Waals surface area contributed by atoms with Crippen LogP contribution in [0.2, 0.25) is 0 Å². The van der Waals surface area contributed by atoms with E-state index in [0.717, 1.165) is 15.7 Å². The second-order valence-electron chi connectivity index (χ2n) is 4.84. The van der Waals surface area contributed by atoms with E-state index in [4.69, 9.17) is 4.42 Å². The van der Waals surface area contributed by atoms with E-state index in [-0.39, 0.29) is 17.6 Å². The monoisotopic (exact) mass is 364 g/mol. The van der Waals surface area contributed by atoms with Crippen LogP contribution in [0.4, 0.5) is 5.69 Å². The van der Waals surface area contributed by atoms with Crippen LogP contribution >= 0.6 is 15.9 Å². The second kappa shape index (κ2) is 7.79. The first kappa shape index (κ1) is 16.3. The highest BCUT2D eigenvalue weighted by Crippen LogP contribution is 2.20. The molecule has 0 fully saturated rings. The molecule has 0 saturated heterocycles. The van der Waals surface area contributed by atoms with Gasteiger partial charge in [0.05, 0.1) is 6.26 Å². The predicted octanol–water partition coefficient (Wildman–Crippen LogP) is 3.50. The summed E-state index contributed by atoms with van der Waals surface area (Å²) in [6, 6.07) is 8.93. The van der Waals surface area contributed by atoms with Crippen molar-refractivity contribution in [2.75, 3.05) is 11.9 Å². The number of halogens is 1. The number of furan rings is 1. The van der Waals surface area contributed by atoms with Crippen LogP contribution in [0, 0.1) is 6.92 Å². The average molecular weight is 365 g/mol. The maximum absolute atomic E-state index is 11.9. The number of benzene rings is 1. The van der Waals surface area contributed by atoms with Gasteiger partial charge in [-0.25, -0.2) is 0 Å². The average Bonchev–Trinajstić information content (AvgIpc) is 3.01. The highest BCUT2D eigenvalue weighted by Gasteiger charge is 2.08. The summed E-state index contributed by atoms with van der Waals surface area (Å²) in [5.74, 6) is -0.0678. The fraction of sp³-hybridized carbons (Fsp3) is 0.250. The zero-order valence-electron chi connectivity index (χ0n) is 12.2. The summed E-state index contributed by atoms with van der Waals surface area (Å²) in [5.41, 5.74) is 1.79. The number of carbonyl (C=O) groups is 2. The van der Waals surface area contributed by atoms with Crippen LogP contribution in [0.1, 0.15) is 29.0 Å². The van der Waals surface area contributed by atoms with E-state index < -0.39 is 0 Å². The minimum atomic E-state index is -0.269. The molecule has 2 aromatic rings. The number of hydrogen-bond acceptors (Lipinski definition) is 3. The van der Waals surface area contributed by atoms with Crippen LogP contribution in [-0.2, 0) is 4.79 Å². The van der Waals surface area contributed by atoms with Crippen molar-refractivity contribution in [3.05, 3.63) is 52.4 Å². The van der Waals surface area contributed by atoms with Gasteiger partial charge in [0, 0.05) is 23.1 Å². The Hall–Kier alpha value is -2.08. The number of aryl methyl sites for hydroxylation is 1. The molecule has 0 aliphatic rings. The van der Waals surface area contributed by atoms with Crippen molar-refractivity contribution in [2.45, 2.75) is 19.8 Å². The molecule has 0 bridgehead atoms. The van der Waals surface area contributed by atoms with Crippen LogP contribution in [0.25, 0.3) is 0 Å². The number of amides is 2. The van der Waals surface area contributed by atoms with E-state index in [1.54, 1.807) is 12.1 Å². The highest BCUT2D eigenvalue weighted by atomic mass is 79.9. The fourth-order valence-electron chi connectivity index (χ4n) is 1.93. The van der Waals surface area contributed by atoms with Crippen molar-refractivity contribution in [1.29, 1.82) is 0 Å². The lowest BCUT2D eigenvalue weighted by molar-refractivity contribution is -0.116. The van der Waals surface area contributed by atoms with Crippen LogP contribution in [0.5, 0.6) is 0 Å². The standard InChI is InChI=1S/C16H17BrN2O3/c1-11-10-12(17)6-7-13(11)19-15(20)5-2-8-18-16(21)14-4-3-9-22-14/h3-4,6-7,9-10H,2,5,8H2,1H3,(H,18,21)(H,19,20). The first-order valence-corrected chi connectivity index (χ1v) is 7.73. The Balaban J connectivity index is 1.71. The van der Waals surface area contributed by atoms with Crippen LogP contribution in [0.3, 0.4) is 0 Å². The molecule has 0 unspecified atom stereocenters. The van der Waals surface area contributed by atoms with E-state index >= 15 is 0 Å². The molecular formula is C16H17BrN2O3. The van der Waals surface area contributed by atoms with Crippen molar-refractivity contribution < 1.29 is 14.0 Å². The van der Waals surface area contributed by atoms with Gasteiger partial charge >= 0.3 is 0 Å². The molecule has 2 amide bonds. The highest BCUT2D eigenvalue weighted by molar-refractivity contribution is 9.10. The maximum Gasteiger partial charge on any atom is 0.286 e. The van der Waals surface area contributed by atoms with Crippen LogP contribution in [0.15, 0.2) is 45.5 Å². The van der Waals surface area contributed by atoms with E-state index in [2.05, 4.69) is 26.6 Å². The van der Waals surface area contributed by atoms with Gasteiger partial charge < -0.3 is 15.1 Å². The first-order valence-electron chi connectivity index (χ1n) is 6.94. The largest absolute Gasteiger partial charge is 0.459 e. The summed E-state index contributed by atoms with van der Waals surface area (Å²) in [5, 5.41) is 5.57. The van der Waals surface area contributed by atoms with Crippen molar-refractivity contribution in [3.8, 4) is 0 Å². The third kappa shape index (κ3) is 4.73. The van der Waals surface area contributed by atoms with E-state index in [1.807, 2.05) is 25.1 Å². The summed E-state index contributed by atoms with van der Waals surface area (Å²) in [4.78, 5) is 23.5. The molecule has 116 valence electrons. The lowest BCUT2D eigenvalue weighted by atomic mass is 10.2. The Morgan fingerprint density at radius 3 is 2.77 bits per heavy atom. The molecule has 2 rings (SSSR count). The van der Waals surface area contributed by atoms with Gasteiger partial charge in [0.1, 0.15) is 0 Å². The van der Waals surface area contributed by atoms with Gasteiger partial charge in [-0.15, -0.1) is 0 Å². The molecule has 1 heterocycles. The Bertz CT molecular complexity index is 653. The summed E-state index contributed by atoms with van der Waals surface area (Å²) in [7, 11) is 0. The fourth-order valence-corrected chi connectivity index (χ4v) is 2.40.